The minimum atomic E-state index is -0.617. The molecule has 2 aliphatic heterocycles. The predicted octanol–water partition coefficient (Wildman–Crippen LogP) is 3.59. The van der Waals surface area contributed by atoms with Gasteiger partial charge in [-0.25, -0.2) is 9.45 Å². The maximum Gasteiger partial charge on any atom is 0.270 e. The molecule has 31 heavy (non-hydrogen) atoms. The van der Waals surface area contributed by atoms with Gasteiger partial charge in [-0.2, -0.15) is 0 Å². The number of Topliss-reactive ketones (excluding diaryl/α,β-unsaturated/α-hetero) is 1. The van der Waals surface area contributed by atoms with Crippen LogP contribution in [0.5, 0.6) is 0 Å². The summed E-state index contributed by atoms with van der Waals surface area (Å²) < 4.78 is 30.5. The second-order valence-corrected chi connectivity index (χ2v) is 7.92. The highest BCUT2D eigenvalue weighted by Gasteiger charge is 2.29. The van der Waals surface area contributed by atoms with Gasteiger partial charge >= 0.3 is 0 Å². The molecule has 1 aromatic carbocycles. The molecule has 0 N–H and O–H groups in total. The average Bonchev–Trinajstić information content (AvgIpc) is 3.48. The van der Waals surface area contributed by atoms with Crippen LogP contribution in [0.2, 0.25) is 0 Å². The summed E-state index contributed by atoms with van der Waals surface area (Å²) in [5.41, 5.74) is 1.69. The quantitative estimate of drug-likeness (QED) is 0.597. The fourth-order valence-electron chi connectivity index (χ4n) is 3.41. The molecule has 1 amide bonds. The van der Waals surface area contributed by atoms with Crippen LogP contribution in [-0.2, 0) is 25.5 Å². The first kappa shape index (κ1) is 21.4. The first-order valence-electron chi connectivity index (χ1n) is 10.2. The molecular formula is C23H24FNO6. The van der Waals surface area contributed by atoms with Crippen molar-refractivity contribution in [3.63, 3.8) is 0 Å². The van der Waals surface area contributed by atoms with E-state index in [9.17, 15) is 14.0 Å². The van der Waals surface area contributed by atoms with Crippen LogP contribution in [-0.4, -0.2) is 43.1 Å². The Morgan fingerprint density at radius 3 is 2.74 bits per heavy atom. The van der Waals surface area contributed by atoms with E-state index in [-0.39, 0.29) is 35.7 Å². The highest BCUT2D eigenvalue weighted by molar-refractivity contribution is 6.12. The molecule has 0 saturated carbocycles. The Morgan fingerprint density at radius 1 is 1.23 bits per heavy atom. The topological polar surface area (TPSA) is 78.2 Å². The summed E-state index contributed by atoms with van der Waals surface area (Å²) in [4.78, 5) is 30.3. The molecule has 4 rings (SSSR count). The van der Waals surface area contributed by atoms with Crippen molar-refractivity contribution in [2.24, 2.45) is 5.92 Å². The van der Waals surface area contributed by atoms with E-state index in [1.807, 2.05) is 13.8 Å². The van der Waals surface area contributed by atoms with Crippen molar-refractivity contribution >= 4 is 11.7 Å². The molecule has 2 aliphatic rings. The number of halogens is 1. The minimum Gasteiger partial charge on any atom is -0.457 e. The molecule has 0 atom stereocenters. The Balaban J connectivity index is 1.45. The Labute approximate surface area is 179 Å². The number of hydroxylamine groups is 2. The molecule has 7 nitrogen and oxygen atoms in total. The van der Waals surface area contributed by atoms with E-state index in [4.69, 9.17) is 18.7 Å². The Bertz CT molecular complexity index is 1010. The average molecular weight is 429 g/mol. The van der Waals surface area contributed by atoms with Crippen molar-refractivity contribution in [2.75, 3.05) is 26.4 Å². The summed E-state index contributed by atoms with van der Waals surface area (Å²) in [5, 5.41) is 1.18. The van der Waals surface area contributed by atoms with Crippen LogP contribution < -0.4 is 0 Å². The third-order valence-corrected chi connectivity index (χ3v) is 4.95. The van der Waals surface area contributed by atoms with Gasteiger partial charge in [0.2, 0.25) is 5.78 Å². The Morgan fingerprint density at radius 2 is 2.00 bits per heavy atom. The van der Waals surface area contributed by atoms with Gasteiger partial charge in [0.05, 0.1) is 26.4 Å². The van der Waals surface area contributed by atoms with E-state index >= 15 is 0 Å². The maximum atomic E-state index is 13.8. The summed E-state index contributed by atoms with van der Waals surface area (Å²) in [6, 6.07) is 7.68. The van der Waals surface area contributed by atoms with Crippen LogP contribution >= 0.6 is 0 Å². The monoisotopic (exact) mass is 429 g/mol. The van der Waals surface area contributed by atoms with Gasteiger partial charge in [0.15, 0.2) is 12.1 Å². The van der Waals surface area contributed by atoms with Gasteiger partial charge in [-0.15, -0.1) is 0 Å². The highest BCUT2D eigenvalue weighted by atomic mass is 19.1. The predicted molar refractivity (Wildman–Crippen MR) is 107 cm³/mol. The lowest BCUT2D eigenvalue weighted by atomic mass is 10.0. The molecule has 164 valence electrons. The number of hydrogen-bond donors (Lipinski definition) is 0. The molecule has 0 spiro atoms. The van der Waals surface area contributed by atoms with Crippen molar-refractivity contribution < 1.29 is 32.7 Å². The van der Waals surface area contributed by atoms with Gasteiger partial charge in [-0.05, 0) is 35.7 Å². The number of carbonyl (C=O) groups is 2. The van der Waals surface area contributed by atoms with Crippen LogP contribution in [0.4, 0.5) is 4.39 Å². The normalized spacial score (nSPS) is 17.1. The molecule has 1 aromatic heterocycles. The van der Waals surface area contributed by atoms with Crippen LogP contribution in [0.3, 0.4) is 0 Å². The summed E-state index contributed by atoms with van der Waals surface area (Å²) in [5.74, 6) is -0.170. The number of ether oxygens (including phenoxy) is 2. The van der Waals surface area contributed by atoms with Crippen molar-refractivity contribution in [3.8, 4) is 0 Å². The van der Waals surface area contributed by atoms with Crippen molar-refractivity contribution in [3.05, 3.63) is 70.4 Å². The third kappa shape index (κ3) is 4.92. The van der Waals surface area contributed by atoms with E-state index in [2.05, 4.69) is 0 Å². The van der Waals surface area contributed by atoms with E-state index < -0.39 is 6.29 Å². The van der Waals surface area contributed by atoms with Gasteiger partial charge in [-0.1, -0.05) is 19.9 Å². The maximum absolute atomic E-state index is 13.8. The SMILES string of the molecule is CC(C)CON1CC(C(=O)c2ccc(Cc3ccc(F)cc3C3OCCO3)o2)=CC1=O. The number of amides is 1. The van der Waals surface area contributed by atoms with Crippen molar-refractivity contribution in [1.82, 2.24) is 5.06 Å². The molecule has 0 radical (unpaired) electrons. The zero-order valence-corrected chi connectivity index (χ0v) is 17.4. The number of furan rings is 1. The first-order valence-corrected chi connectivity index (χ1v) is 10.2. The van der Waals surface area contributed by atoms with Crippen LogP contribution in [0.15, 0.2) is 46.4 Å². The molecular weight excluding hydrogens is 405 g/mol. The van der Waals surface area contributed by atoms with E-state index in [0.29, 0.717) is 43.1 Å². The smallest absolute Gasteiger partial charge is 0.270 e. The zero-order valence-electron chi connectivity index (χ0n) is 17.4. The number of carbonyl (C=O) groups excluding carboxylic acids is 2. The van der Waals surface area contributed by atoms with Crippen molar-refractivity contribution in [1.29, 1.82) is 0 Å². The summed E-state index contributed by atoms with van der Waals surface area (Å²) in [7, 11) is 0. The summed E-state index contributed by atoms with van der Waals surface area (Å²) in [6.07, 6.45) is 0.999. The van der Waals surface area contributed by atoms with Gasteiger partial charge in [0.25, 0.3) is 5.91 Å². The van der Waals surface area contributed by atoms with Crippen LogP contribution in [0.1, 0.15) is 47.6 Å². The summed E-state index contributed by atoms with van der Waals surface area (Å²) >= 11 is 0. The molecule has 0 bridgehead atoms. The minimum absolute atomic E-state index is 0.0822. The van der Waals surface area contributed by atoms with Crippen LogP contribution in [0.25, 0.3) is 0 Å². The second-order valence-electron chi connectivity index (χ2n) is 7.92. The van der Waals surface area contributed by atoms with Gasteiger partial charge < -0.3 is 13.9 Å². The zero-order chi connectivity index (χ0) is 22.0. The Kier molecular flexibility index (Phi) is 6.31. The second kappa shape index (κ2) is 9.13. The Hall–Kier alpha value is -2.81. The first-order chi connectivity index (χ1) is 14.9. The van der Waals surface area contributed by atoms with Gasteiger partial charge in [0, 0.05) is 23.6 Å². The van der Waals surface area contributed by atoms with Crippen LogP contribution in [0, 0.1) is 11.7 Å². The lowest BCUT2D eigenvalue weighted by Crippen LogP contribution is -2.28. The molecule has 8 heteroatoms. The molecule has 0 unspecified atom stereocenters. The van der Waals surface area contributed by atoms with E-state index in [1.54, 1.807) is 18.2 Å². The fourth-order valence-corrected chi connectivity index (χ4v) is 3.41. The molecule has 0 aliphatic carbocycles. The number of hydrogen-bond acceptors (Lipinski definition) is 6. The number of ketones is 1. The van der Waals surface area contributed by atoms with Gasteiger partial charge in [-0.3, -0.25) is 14.4 Å². The molecule has 3 heterocycles. The molecule has 1 saturated heterocycles. The van der Waals surface area contributed by atoms with E-state index in [0.717, 1.165) is 5.56 Å². The lowest BCUT2D eigenvalue weighted by molar-refractivity contribution is -0.178. The van der Waals surface area contributed by atoms with Crippen molar-refractivity contribution in [2.45, 2.75) is 26.6 Å². The highest BCUT2D eigenvalue weighted by Crippen LogP contribution is 2.29. The standard InChI is InChI=1S/C23H24FNO6/c1-14(2)13-30-25-12-16(10-21(25)26)22(27)20-6-5-18(31-20)9-15-3-4-17(24)11-19(15)23-28-7-8-29-23/h3-6,10-11,14,23H,7-9,12-13H2,1-2H3. The molecule has 2 aromatic rings. The van der Waals surface area contributed by atoms with E-state index in [1.165, 1.54) is 23.3 Å². The number of nitrogens with zero attached hydrogens (tertiary/aromatic N) is 1. The number of rotatable bonds is 8. The molecule has 1 fully saturated rings. The largest absolute Gasteiger partial charge is 0.457 e. The lowest BCUT2D eigenvalue weighted by Gasteiger charge is -2.17. The van der Waals surface area contributed by atoms with Gasteiger partial charge in [0.1, 0.15) is 11.6 Å². The fraction of sp³-hybridized carbons (Fsp3) is 0.391. The third-order valence-electron chi connectivity index (χ3n) is 4.95. The number of benzene rings is 1. The summed E-state index contributed by atoms with van der Waals surface area (Å²) in [6.45, 7) is 5.32.